The maximum atomic E-state index is 13.3. The zero-order chi connectivity index (χ0) is 38.4. The van der Waals surface area contributed by atoms with Gasteiger partial charge in [-0.25, -0.2) is 4.79 Å². The average molecular weight is 729 g/mol. The van der Waals surface area contributed by atoms with Gasteiger partial charge < -0.3 is 58.8 Å². The lowest BCUT2D eigenvalue weighted by molar-refractivity contribution is -0.142. The van der Waals surface area contributed by atoms with Crippen LogP contribution in [0.25, 0.3) is 10.9 Å². The highest BCUT2D eigenvalue weighted by Crippen LogP contribution is 2.20. The summed E-state index contributed by atoms with van der Waals surface area (Å²) in [6, 6.07) is 2.26. The van der Waals surface area contributed by atoms with Crippen LogP contribution in [0.5, 0.6) is 0 Å². The number of fused-ring (bicyclic) bond motifs is 1. The summed E-state index contributed by atoms with van der Waals surface area (Å²) in [6.45, 7) is -1.33. The van der Waals surface area contributed by atoms with Crippen LogP contribution in [-0.4, -0.2) is 119 Å². The molecule has 20 heteroatoms. The molecule has 0 spiro atoms. The van der Waals surface area contributed by atoms with Crippen LogP contribution in [0.1, 0.15) is 44.1 Å². The molecule has 1 aromatic carbocycles. The Kier molecular flexibility index (Phi) is 15.0. The molecule has 1 aromatic heterocycles. The van der Waals surface area contributed by atoms with E-state index in [1.54, 1.807) is 30.5 Å². The fraction of sp³-hybridized carbons (Fsp3) is 0.469. The van der Waals surface area contributed by atoms with Gasteiger partial charge in [-0.15, -0.1) is 0 Å². The first-order chi connectivity index (χ1) is 24.7. The van der Waals surface area contributed by atoms with Crippen molar-refractivity contribution in [2.75, 3.05) is 26.2 Å². The second-order valence-corrected chi connectivity index (χ2v) is 12.1. The molecule has 1 saturated heterocycles. The Morgan fingerprint density at radius 2 is 1.40 bits per heavy atom. The molecule has 1 aliphatic rings. The molecule has 3 rings (SSSR count). The van der Waals surface area contributed by atoms with Gasteiger partial charge in [0.05, 0.1) is 19.6 Å². The predicted molar refractivity (Wildman–Crippen MR) is 182 cm³/mol. The van der Waals surface area contributed by atoms with Crippen molar-refractivity contribution in [3.8, 4) is 0 Å². The Hall–Kier alpha value is -6.05. The zero-order valence-corrected chi connectivity index (χ0v) is 28.3. The van der Waals surface area contributed by atoms with Gasteiger partial charge in [0.2, 0.25) is 47.3 Å². The van der Waals surface area contributed by atoms with Gasteiger partial charge in [0, 0.05) is 42.9 Å². The lowest BCUT2D eigenvalue weighted by atomic mass is 10.0. The molecule has 20 nitrogen and oxygen atoms in total. The molecule has 282 valence electrons. The first-order valence-corrected chi connectivity index (χ1v) is 16.5. The summed E-state index contributed by atoms with van der Waals surface area (Å²) >= 11 is 0. The number of aliphatic carboxylic acids is 1. The van der Waals surface area contributed by atoms with Crippen LogP contribution in [0, 0.1) is 0 Å². The predicted octanol–water partition coefficient (Wildman–Crippen LogP) is -4.04. The van der Waals surface area contributed by atoms with Gasteiger partial charge in [0.15, 0.2) is 0 Å². The van der Waals surface area contributed by atoms with Crippen LogP contribution in [0.3, 0.4) is 0 Å². The minimum Gasteiger partial charge on any atom is -0.480 e. The lowest BCUT2D eigenvalue weighted by Crippen LogP contribution is -2.55. The number of benzene rings is 1. The molecule has 0 radical (unpaired) electrons. The number of amides is 8. The Morgan fingerprint density at radius 1 is 0.827 bits per heavy atom. The number of likely N-dealkylation sites (tertiary alicyclic amines) is 1. The number of rotatable bonds is 20. The molecule has 0 unspecified atom stereocenters. The van der Waals surface area contributed by atoms with Crippen molar-refractivity contribution in [3.63, 3.8) is 0 Å². The molecule has 2 aromatic rings. The number of aromatic amines is 1. The molecule has 8 amide bonds. The van der Waals surface area contributed by atoms with Crippen molar-refractivity contribution < 1.29 is 48.3 Å². The Morgan fingerprint density at radius 3 is 2.00 bits per heavy atom. The summed E-state index contributed by atoms with van der Waals surface area (Å²) in [5.41, 5.74) is 17.1. The van der Waals surface area contributed by atoms with Gasteiger partial charge in [0.1, 0.15) is 24.2 Å². The molecule has 0 bridgehead atoms. The molecule has 0 saturated carbocycles. The molecule has 1 fully saturated rings. The van der Waals surface area contributed by atoms with Gasteiger partial charge in [-0.2, -0.15) is 0 Å². The van der Waals surface area contributed by atoms with E-state index in [4.69, 9.17) is 17.2 Å². The van der Waals surface area contributed by atoms with Crippen LogP contribution >= 0.6 is 0 Å². The lowest BCUT2D eigenvalue weighted by Gasteiger charge is -2.26. The number of nitrogens with zero attached hydrogens (tertiary/aromatic N) is 1. The standard InChI is InChI=1S/C32H44N10O10/c33-13-28(47)42-11-3-6-23(42)31(50)41-20(7-9-24(34)43)29(48)37-16-27(46)40-22(12-17-14-36-19-5-2-1-4-18(17)19)30(49)38-15-26(45)39-21(32(51)52)8-10-25(35)44/h1-2,4-5,14,20-23,36H,3,6-13,15-16,33H2,(H2,34,43)(H2,35,44)(H,37,48)(H,38,49)(H,39,45)(H,40,46)(H,41,50)(H,51,52)/t20-,21-,22-,23-/m0/s1. The second-order valence-electron chi connectivity index (χ2n) is 12.1. The van der Waals surface area contributed by atoms with Gasteiger partial charge >= 0.3 is 5.97 Å². The van der Waals surface area contributed by atoms with Crippen LogP contribution in [0.15, 0.2) is 30.5 Å². The number of primary amides is 2. The first-order valence-electron chi connectivity index (χ1n) is 16.5. The Bertz CT molecular complexity index is 1680. The minimum atomic E-state index is -1.44. The third-order valence-corrected chi connectivity index (χ3v) is 8.27. The largest absolute Gasteiger partial charge is 0.480 e. The highest BCUT2D eigenvalue weighted by atomic mass is 16.4. The number of H-pyrrole nitrogens is 1. The zero-order valence-electron chi connectivity index (χ0n) is 28.3. The molecule has 4 atom stereocenters. The van der Waals surface area contributed by atoms with Crippen molar-refractivity contribution >= 4 is 64.1 Å². The Balaban J connectivity index is 1.68. The molecular formula is C32H44N10O10. The molecule has 1 aliphatic heterocycles. The topological polar surface area (TPSA) is 331 Å². The summed E-state index contributed by atoms with van der Waals surface area (Å²) < 4.78 is 0. The third kappa shape index (κ3) is 12.1. The molecule has 52 heavy (non-hydrogen) atoms. The number of para-hydroxylation sites is 1. The van der Waals surface area contributed by atoms with E-state index in [0.29, 0.717) is 24.9 Å². The fourth-order valence-electron chi connectivity index (χ4n) is 5.62. The number of carbonyl (C=O) groups is 9. The maximum absolute atomic E-state index is 13.3. The average Bonchev–Trinajstić information content (AvgIpc) is 3.76. The van der Waals surface area contributed by atoms with E-state index in [9.17, 15) is 48.3 Å². The normalized spacial score (nSPS) is 15.5. The van der Waals surface area contributed by atoms with Crippen molar-refractivity contribution in [2.45, 2.75) is 69.1 Å². The van der Waals surface area contributed by atoms with Crippen LogP contribution in [-0.2, 0) is 49.6 Å². The number of carboxylic acid groups (broad SMARTS) is 1. The van der Waals surface area contributed by atoms with Gasteiger partial charge in [-0.1, -0.05) is 18.2 Å². The molecule has 0 aliphatic carbocycles. The summed E-state index contributed by atoms with van der Waals surface area (Å²) in [5.74, 6) is -7.36. The molecule has 13 N–H and O–H groups in total. The monoisotopic (exact) mass is 728 g/mol. The third-order valence-electron chi connectivity index (χ3n) is 8.27. The van der Waals surface area contributed by atoms with Crippen molar-refractivity contribution in [1.82, 2.24) is 36.5 Å². The van der Waals surface area contributed by atoms with Gasteiger partial charge in [-0.3, -0.25) is 38.4 Å². The van der Waals surface area contributed by atoms with E-state index in [1.807, 2.05) is 0 Å². The van der Waals surface area contributed by atoms with Crippen LogP contribution in [0.2, 0.25) is 0 Å². The van der Waals surface area contributed by atoms with E-state index in [0.717, 1.165) is 10.9 Å². The fourth-order valence-corrected chi connectivity index (χ4v) is 5.62. The van der Waals surface area contributed by atoms with Gasteiger partial charge in [0.25, 0.3) is 0 Å². The van der Waals surface area contributed by atoms with Crippen molar-refractivity contribution in [1.29, 1.82) is 0 Å². The number of hydrogen-bond donors (Lipinski definition) is 10. The number of nitrogens with two attached hydrogens (primary N) is 3. The van der Waals surface area contributed by atoms with E-state index in [1.165, 1.54) is 4.90 Å². The number of nitrogens with one attached hydrogen (secondary N) is 6. The van der Waals surface area contributed by atoms with Gasteiger partial charge in [-0.05, 0) is 37.3 Å². The smallest absolute Gasteiger partial charge is 0.326 e. The molecule has 2 heterocycles. The summed E-state index contributed by atoms with van der Waals surface area (Å²) in [5, 5.41) is 22.1. The van der Waals surface area contributed by atoms with E-state index < -0.39 is 90.5 Å². The van der Waals surface area contributed by atoms with Crippen molar-refractivity contribution in [3.05, 3.63) is 36.0 Å². The first kappa shape index (κ1) is 40.4. The number of hydrogen-bond acceptors (Lipinski definition) is 10. The highest BCUT2D eigenvalue weighted by molar-refractivity contribution is 5.96. The second kappa shape index (κ2) is 19.4. The van der Waals surface area contributed by atoms with Crippen LogP contribution in [0.4, 0.5) is 0 Å². The number of carbonyl (C=O) groups excluding carboxylic acids is 8. The summed E-state index contributed by atoms with van der Waals surface area (Å²) in [4.78, 5) is 116. The SMILES string of the molecule is NCC(=O)N1CCC[C@H]1C(=O)N[C@@H](CCC(N)=O)C(=O)NCC(=O)N[C@@H](Cc1c[nH]c2ccccc12)C(=O)NCC(=O)N[C@@H](CCC(N)=O)C(=O)O. The number of aromatic nitrogens is 1. The maximum Gasteiger partial charge on any atom is 0.326 e. The van der Waals surface area contributed by atoms with Crippen molar-refractivity contribution in [2.24, 2.45) is 17.2 Å². The van der Waals surface area contributed by atoms with E-state index in [2.05, 4.69) is 31.6 Å². The highest BCUT2D eigenvalue weighted by Gasteiger charge is 2.35. The molecular weight excluding hydrogens is 684 g/mol. The Labute approximate surface area is 297 Å². The summed E-state index contributed by atoms with van der Waals surface area (Å²) in [7, 11) is 0. The summed E-state index contributed by atoms with van der Waals surface area (Å²) in [6.07, 6.45) is 1.40. The van der Waals surface area contributed by atoms with E-state index >= 15 is 0 Å². The quantitative estimate of drug-likeness (QED) is 0.0626. The minimum absolute atomic E-state index is 0.0653. The number of carboxylic acids is 1. The van der Waals surface area contributed by atoms with E-state index in [-0.39, 0.29) is 38.6 Å². The van der Waals surface area contributed by atoms with Crippen LogP contribution < -0.4 is 43.8 Å².